The topological polar surface area (TPSA) is 72.2 Å². The summed E-state index contributed by atoms with van der Waals surface area (Å²) in [5.74, 6) is 0.265. The lowest BCUT2D eigenvalue weighted by atomic mass is 9.85. The van der Waals surface area contributed by atoms with Crippen LogP contribution < -0.4 is 10.5 Å². The highest BCUT2D eigenvalue weighted by Crippen LogP contribution is 2.27. The predicted molar refractivity (Wildman–Crippen MR) is 88.2 cm³/mol. The molecule has 1 aromatic rings. The number of hydrogen-bond acceptors (Lipinski definition) is 3. The predicted octanol–water partition coefficient (Wildman–Crippen LogP) is 2.36. The first-order chi connectivity index (χ1) is 10.6. The van der Waals surface area contributed by atoms with Crippen molar-refractivity contribution in [3.63, 3.8) is 0 Å². The summed E-state index contributed by atoms with van der Waals surface area (Å²) in [6.45, 7) is 0.553. The molecule has 22 heavy (non-hydrogen) atoms. The molecule has 3 N–H and O–H groups in total. The zero-order valence-corrected chi connectivity index (χ0v) is 13.9. The van der Waals surface area contributed by atoms with E-state index in [0.29, 0.717) is 11.4 Å². The second kappa shape index (κ2) is 6.69. The number of nitrogens with one attached hydrogen (secondary N) is 1. The summed E-state index contributed by atoms with van der Waals surface area (Å²) < 4.78 is 28.3. The molecule has 122 valence electrons. The minimum Gasteiger partial charge on any atom is -0.330 e. The van der Waals surface area contributed by atoms with Gasteiger partial charge >= 0.3 is 0 Å². The highest BCUT2D eigenvalue weighted by molar-refractivity contribution is 7.89. The van der Waals surface area contributed by atoms with Crippen LogP contribution in [-0.4, -0.2) is 21.0 Å². The van der Waals surface area contributed by atoms with E-state index < -0.39 is 10.0 Å². The zero-order chi connectivity index (χ0) is 15.6. The van der Waals surface area contributed by atoms with Gasteiger partial charge in [-0.2, -0.15) is 0 Å². The standard InChI is InChI=1S/C17H26N2O2S/c18-12-15-7-3-4-8-17(15)19-22(20,21)16-10-9-13-5-1-2-6-14(13)11-16/h9-11,15,17,19H,1-8,12,18H2. The van der Waals surface area contributed by atoms with Crippen LogP contribution in [0.15, 0.2) is 23.1 Å². The van der Waals surface area contributed by atoms with E-state index in [1.807, 2.05) is 12.1 Å². The lowest BCUT2D eigenvalue weighted by molar-refractivity contribution is 0.296. The van der Waals surface area contributed by atoms with Gasteiger partial charge in [0.25, 0.3) is 0 Å². The van der Waals surface area contributed by atoms with Crippen molar-refractivity contribution in [2.45, 2.75) is 62.3 Å². The average Bonchev–Trinajstić information content (AvgIpc) is 2.54. The maximum atomic E-state index is 12.7. The minimum absolute atomic E-state index is 0.0141. The number of hydrogen-bond donors (Lipinski definition) is 2. The second-order valence-electron chi connectivity index (χ2n) is 6.65. The largest absolute Gasteiger partial charge is 0.330 e. The number of fused-ring (bicyclic) bond motifs is 1. The van der Waals surface area contributed by atoms with Crippen molar-refractivity contribution in [1.29, 1.82) is 0 Å². The van der Waals surface area contributed by atoms with Crippen LogP contribution in [0.1, 0.15) is 49.7 Å². The lowest BCUT2D eigenvalue weighted by Gasteiger charge is -2.31. The summed E-state index contributed by atoms with van der Waals surface area (Å²) in [5.41, 5.74) is 8.32. The van der Waals surface area contributed by atoms with Crippen LogP contribution in [0.4, 0.5) is 0 Å². The van der Waals surface area contributed by atoms with E-state index in [1.54, 1.807) is 6.07 Å². The Morgan fingerprint density at radius 1 is 1.05 bits per heavy atom. The van der Waals surface area contributed by atoms with Gasteiger partial charge in [-0.25, -0.2) is 13.1 Å². The molecule has 2 aliphatic rings. The van der Waals surface area contributed by atoms with Gasteiger partial charge in [0.1, 0.15) is 0 Å². The Morgan fingerprint density at radius 3 is 2.55 bits per heavy atom. The molecular weight excluding hydrogens is 296 g/mol. The summed E-state index contributed by atoms with van der Waals surface area (Å²) in [5, 5.41) is 0. The van der Waals surface area contributed by atoms with Crippen LogP contribution in [0, 0.1) is 5.92 Å². The molecule has 1 saturated carbocycles. The molecule has 0 saturated heterocycles. The van der Waals surface area contributed by atoms with Gasteiger partial charge in [0.2, 0.25) is 10.0 Å². The van der Waals surface area contributed by atoms with Crippen molar-refractivity contribution in [1.82, 2.24) is 4.72 Å². The molecule has 0 spiro atoms. The summed E-state index contributed by atoms with van der Waals surface area (Å²) in [6, 6.07) is 5.61. The maximum Gasteiger partial charge on any atom is 0.240 e. The molecule has 1 aromatic carbocycles. The molecule has 0 amide bonds. The molecule has 0 bridgehead atoms. The Hall–Kier alpha value is -0.910. The van der Waals surface area contributed by atoms with Crippen LogP contribution in [0.3, 0.4) is 0 Å². The Morgan fingerprint density at radius 2 is 1.77 bits per heavy atom. The van der Waals surface area contributed by atoms with Crippen molar-refractivity contribution in [3.8, 4) is 0 Å². The van der Waals surface area contributed by atoms with Gasteiger partial charge in [-0.15, -0.1) is 0 Å². The smallest absolute Gasteiger partial charge is 0.240 e. The van der Waals surface area contributed by atoms with E-state index in [9.17, 15) is 8.42 Å². The van der Waals surface area contributed by atoms with E-state index >= 15 is 0 Å². The molecule has 0 aromatic heterocycles. The fourth-order valence-corrected chi connectivity index (χ4v) is 5.18. The highest BCUT2D eigenvalue weighted by atomic mass is 32.2. The first-order valence-electron chi connectivity index (χ1n) is 8.44. The molecule has 1 fully saturated rings. The summed E-state index contributed by atoms with van der Waals surface area (Å²) in [6.07, 6.45) is 8.57. The van der Waals surface area contributed by atoms with Gasteiger partial charge in [-0.1, -0.05) is 18.9 Å². The minimum atomic E-state index is -3.44. The average molecular weight is 322 g/mol. The van der Waals surface area contributed by atoms with Crippen molar-refractivity contribution < 1.29 is 8.42 Å². The van der Waals surface area contributed by atoms with Crippen LogP contribution in [0.25, 0.3) is 0 Å². The number of rotatable bonds is 4. The third kappa shape index (κ3) is 3.36. The summed E-state index contributed by atoms with van der Waals surface area (Å²) in [7, 11) is -3.44. The Labute approximate surface area is 133 Å². The fourth-order valence-electron chi connectivity index (χ4n) is 3.79. The van der Waals surface area contributed by atoms with Gasteiger partial charge in [0, 0.05) is 6.04 Å². The summed E-state index contributed by atoms with van der Waals surface area (Å²) >= 11 is 0. The molecule has 5 heteroatoms. The van der Waals surface area contributed by atoms with Gasteiger partial charge < -0.3 is 5.73 Å². The third-order valence-corrected chi connectivity index (χ3v) is 6.64. The van der Waals surface area contributed by atoms with Crippen LogP contribution >= 0.6 is 0 Å². The Kier molecular flexibility index (Phi) is 4.85. The SMILES string of the molecule is NCC1CCCCC1NS(=O)(=O)c1ccc2c(c1)CCCC2. The van der Waals surface area contributed by atoms with Gasteiger partial charge in [-0.05, 0) is 74.2 Å². The van der Waals surface area contributed by atoms with Crippen molar-refractivity contribution >= 4 is 10.0 Å². The third-order valence-electron chi connectivity index (χ3n) is 5.15. The number of sulfonamides is 1. The van der Waals surface area contributed by atoms with Crippen molar-refractivity contribution in [2.75, 3.05) is 6.54 Å². The fraction of sp³-hybridized carbons (Fsp3) is 0.647. The molecule has 4 nitrogen and oxygen atoms in total. The van der Waals surface area contributed by atoms with Crippen LogP contribution in [-0.2, 0) is 22.9 Å². The molecule has 0 radical (unpaired) electrons. The van der Waals surface area contributed by atoms with Gasteiger partial charge in [0.15, 0.2) is 0 Å². The summed E-state index contributed by atoms with van der Waals surface area (Å²) in [4.78, 5) is 0.412. The number of benzene rings is 1. The van der Waals surface area contributed by atoms with Gasteiger partial charge in [-0.3, -0.25) is 0 Å². The van der Waals surface area contributed by atoms with E-state index in [1.165, 1.54) is 17.5 Å². The van der Waals surface area contributed by atoms with E-state index in [-0.39, 0.29) is 12.0 Å². The molecular formula is C17H26N2O2S. The second-order valence-corrected chi connectivity index (χ2v) is 8.36. The van der Waals surface area contributed by atoms with Crippen LogP contribution in [0.5, 0.6) is 0 Å². The molecule has 0 aliphatic heterocycles. The molecule has 0 heterocycles. The van der Waals surface area contributed by atoms with E-state index in [4.69, 9.17) is 5.73 Å². The van der Waals surface area contributed by atoms with E-state index in [2.05, 4.69) is 4.72 Å². The molecule has 3 rings (SSSR count). The highest BCUT2D eigenvalue weighted by Gasteiger charge is 2.29. The molecule has 2 unspecified atom stereocenters. The van der Waals surface area contributed by atoms with Crippen molar-refractivity contribution in [2.24, 2.45) is 11.7 Å². The van der Waals surface area contributed by atoms with E-state index in [0.717, 1.165) is 44.9 Å². The maximum absolute atomic E-state index is 12.7. The van der Waals surface area contributed by atoms with Crippen LogP contribution in [0.2, 0.25) is 0 Å². The Balaban J connectivity index is 1.80. The Bertz CT molecular complexity index is 628. The normalized spacial score (nSPS) is 25.7. The lowest BCUT2D eigenvalue weighted by Crippen LogP contribution is -2.44. The molecule has 2 aliphatic carbocycles. The zero-order valence-electron chi connectivity index (χ0n) is 13.1. The monoisotopic (exact) mass is 322 g/mol. The number of nitrogens with two attached hydrogens (primary N) is 1. The first-order valence-corrected chi connectivity index (χ1v) is 9.92. The van der Waals surface area contributed by atoms with Gasteiger partial charge in [0.05, 0.1) is 4.90 Å². The first kappa shape index (κ1) is 16.0. The quantitative estimate of drug-likeness (QED) is 0.894. The molecule has 2 atom stereocenters. The number of aryl methyl sites for hydroxylation is 2. The van der Waals surface area contributed by atoms with Crippen molar-refractivity contribution in [3.05, 3.63) is 29.3 Å².